The predicted molar refractivity (Wildman–Crippen MR) is 116 cm³/mol. The molecule has 0 aromatic heterocycles. The van der Waals surface area contributed by atoms with Crippen molar-refractivity contribution in [3.05, 3.63) is 96.6 Å². The molecule has 0 saturated heterocycles. The number of hydrogen-bond acceptors (Lipinski definition) is 1. The molecular formula is C24H28NOP. The molecule has 140 valence electrons. The molecule has 27 heavy (non-hydrogen) atoms. The summed E-state index contributed by atoms with van der Waals surface area (Å²) in [6, 6.07) is 30.1. The van der Waals surface area contributed by atoms with Crippen LogP contribution < -0.4 is 15.7 Å². The van der Waals surface area contributed by atoms with Crippen LogP contribution in [0, 0.1) is 5.41 Å². The molecule has 0 amide bonds. The van der Waals surface area contributed by atoms with Gasteiger partial charge in [-0.2, -0.15) is 0 Å². The highest BCUT2D eigenvalue weighted by Crippen LogP contribution is 2.42. The quantitative estimate of drug-likeness (QED) is 0.601. The fraction of sp³-hybridized carbons (Fsp3) is 0.250. The van der Waals surface area contributed by atoms with Gasteiger partial charge in [-0.3, -0.25) is 9.65 Å². The summed E-state index contributed by atoms with van der Waals surface area (Å²) in [5.41, 5.74) is 1.20. The van der Waals surface area contributed by atoms with E-state index in [9.17, 15) is 4.57 Å². The number of rotatable bonds is 6. The molecule has 3 heteroatoms. The van der Waals surface area contributed by atoms with E-state index < -0.39 is 7.29 Å². The van der Waals surface area contributed by atoms with Crippen molar-refractivity contribution >= 4 is 17.9 Å². The molecule has 3 aromatic rings. The van der Waals surface area contributed by atoms with Crippen molar-refractivity contribution in [2.24, 2.45) is 5.41 Å². The molecule has 0 bridgehead atoms. The molecule has 0 saturated carbocycles. The first-order valence-electron chi connectivity index (χ1n) is 9.42. The lowest BCUT2D eigenvalue weighted by atomic mass is 9.84. The first-order valence-corrected chi connectivity index (χ1v) is 11.1. The van der Waals surface area contributed by atoms with Crippen LogP contribution in [-0.2, 0) is 11.0 Å². The maximum Gasteiger partial charge on any atom is 0.204 e. The topological polar surface area (TPSA) is 29.1 Å². The van der Waals surface area contributed by atoms with Crippen LogP contribution in [0.25, 0.3) is 0 Å². The SMILES string of the molecule is CC(C)(C)C(Cc1ccccc1)NP(=O)(c1ccccc1)c1ccccc1. The smallest absolute Gasteiger partial charge is 0.204 e. The van der Waals surface area contributed by atoms with Crippen LogP contribution in [0.3, 0.4) is 0 Å². The van der Waals surface area contributed by atoms with Gasteiger partial charge in [0.2, 0.25) is 7.29 Å². The van der Waals surface area contributed by atoms with Crippen molar-refractivity contribution in [1.82, 2.24) is 5.09 Å². The van der Waals surface area contributed by atoms with E-state index in [0.29, 0.717) is 0 Å². The lowest BCUT2D eigenvalue weighted by molar-refractivity contribution is 0.298. The van der Waals surface area contributed by atoms with E-state index in [1.807, 2.05) is 66.7 Å². The minimum absolute atomic E-state index is 0.0466. The Balaban J connectivity index is 2.02. The van der Waals surface area contributed by atoms with Crippen molar-refractivity contribution in [3.63, 3.8) is 0 Å². The molecule has 1 unspecified atom stereocenters. The van der Waals surface area contributed by atoms with Gasteiger partial charge >= 0.3 is 0 Å². The molecule has 0 radical (unpaired) electrons. The van der Waals surface area contributed by atoms with Gasteiger partial charge in [-0.15, -0.1) is 0 Å². The van der Waals surface area contributed by atoms with Gasteiger partial charge in [0.25, 0.3) is 0 Å². The highest BCUT2D eigenvalue weighted by molar-refractivity contribution is 7.76. The molecule has 0 aliphatic rings. The maximum atomic E-state index is 14.4. The normalized spacial score (nSPS) is 13.3. The highest BCUT2D eigenvalue weighted by atomic mass is 31.2. The molecule has 2 nitrogen and oxygen atoms in total. The second-order valence-electron chi connectivity index (χ2n) is 8.02. The Kier molecular flexibility index (Phi) is 5.99. The fourth-order valence-corrected chi connectivity index (χ4v) is 5.89. The number of nitrogens with one attached hydrogen (secondary N) is 1. The van der Waals surface area contributed by atoms with Gasteiger partial charge in [0, 0.05) is 16.7 Å². The average Bonchev–Trinajstić information content (AvgIpc) is 2.69. The van der Waals surface area contributed by atoms with Gasteiger partial charge in [0.05, 0.1) is 0 Å². The minimum atomic E-state index is -2.96. The predicted octanol–water partition coefficient (Wildman–Crippen LogP) is 5.16. The molecule has 1 atom stereocenters. The summed E-state index contributed by atoms with van der Waals surface area (Å²) in [6.45, 7) is 6.61. The summed E-state index contributed by atoms with van der Waals surface area (Å²) in [7, 11) is -2.96. The van der Waals surface area contributed by atoms with Gasteiger partial charge in [0.15, 0.2) is 0 Å². The summed E-state index contributed by atoms with van der Waals surface area (Å²) in [5.74, 6) is 0. The molecule has 0 aliphatic heterocycles. The van der Waals surface area contributed by atoms with E-state index in [-0.39, 0.29) is 11.5 Å². The van der Waals surface area contributed by atoms with Crippen molar-refractivity contribution in [1.29, 1.82) is 0 Å². The van der Waals surface area contributed by atoms with Crippen LogP contribution in [-0.4, -0.2) is 6.04 Å². The molecule has 3 aromatic carbocycles. The Morgan fingerprint density at radius 3 is 1.56 bits per heavy atom. The zero-order valence-corrected chi connectivity index (χ0v) is 17.2. The summed E-state index contributed by atoms with van der Waals surface area (Å²) in [4.78, 5) is 0. The number of benzene rings is 3. The Labute approximate surface area is 163 Å². The highest BCUT2D eigenvalue weighted by Gasteiger charge is 2.34. The van der Waals surface area contributed by atoms with Crippen LogP contribution in [0.15, 0.2) is 91.0 Å². The Hall–Kier alpha value is -2.15. The van der Waals surface area contributed by atoms with Crippen molar-refractivity contribution in [2.45, 2.75) is 33.2 Å². The van der Waals surface area contributed by atoms with Crippen LogP contribution >= 0.6 is 7.29 Å². The first-order chi connectivity index (χ1) is 12.9. The van der Waals surface area contributed by atoms with Crippen LogP contribution in [0.5, 0.6) is 0 Å². The van der Waals surface area contributed by atoms with Crippen LogP contribution in [0.2, 0.25) is 0 Å². The van der Waals surface area contributed by atoms with Crippen molar-refractivity contribution < 1.29 is 4.57 Å². The minimum Gasteiger partial charge on any atom is -0.297 e. The van der Waals surface area contributed by atoms with Gasteiger partial charge in [0.1, 0.15) is 0 Å². The summed E-state index contributed by atoms with van der Waals surface area (Å²) < 4.78 is 14.4. The van der Waals surface area contributed by atoms with Crippen molar-refractivity contribution in [2.75, 3.05) is 0 Å². The fourth-order valence-electron chi connectivity index (χ4n) is 3.19. The summed E-state index contributed by atoms with van der Waals surface area (Å²) >= 11 is 0. The Bertz CT molecular complexity index is 842. The van der Waals surface area contributed by atoms with E-state index in [1.165, 1.54) is 5.56 Å². The number of hydrogen-bond donors (Lipinski definition) is 1. The molecule has 3 rings (SSSR count). The van der Waals surface area contributed by atoms with E-state index in [0.717, 1.165) is 17.0 Å². The molecule has 0 spiro atoms. The van der Waals surface area contributed by atoms with E-state index in [4.69, 9.17) is 0 Å². The zero-order valence-electron chi connectivity index (χ0n) is 16.3. The second-order valence-corrected chi connectivity index (χ2v) is 10.5. The first kappa shape index (κ1) is 19.6. The Morgan fingerprint density at radius 2 is 1.15 bits per heavy atom. The third-order valence-electron chi connectivity index (χ3n) is 4.91. The molecule has 0 heterocycles. The maximum absolute atomic E-state index is 14.4. The second kappa shape index (κ2) is 8.25. The van der Waals surface area contributed by atoms with Gasteiger partial charge < -0.3 is 0 Å². The average molecular weight is 377 g/mol. The molecule has 0 aliphatic carbocycles. The van der Waals surface area contributed by atoms with Crippen LogP contribution in [0.4, 0.5) is 0 Å². The molecular weight excluding hydrogens is 349 g/mol. The van der Waals surface area contributed by atoms with E-state index in [2.05, 4.69) is 50.1 Å². The largest absolute Gasteiger partial charge is 0.297 e. The van der Waals surface area contributed by atoms with E-state index in [1.54, 1.807) is 0 Å². The summed E-state index contributed by atoms with van der Waals surface area (Å²) in [6.07, 6.45) is 0.827. The zero-order chi connectivity index (χ0) is 19.3. The van der Waals surface area contributed by atoms with Gasteiger partial charge in [-0.05, 0) is 41.7 Å². The molecule has 0 fully saturated rings. The van der Waals surface area contributed by atoms with Gasteiger partial charge in [-0.25, -0.2) is 0 Å². The third-order valence-corrected chi connectivity index (χ3v) is 7.63. The lowest BCUT2D eigenvalue weighted by Crippen LogP contribution is -2.44. The van der Waals surface area contributed by atoms with E-state index >= 15 is 0 Å². The monoisotopic (exact) mass is 377 g/mol. The lowest BCUT2D eigenvalue weighted by Gasteiger charge is -2.35. The van der Waals surface area contributed by atoms with Gasteiger partial charge in [-0.1, -0.05) is 87.5 Å². The van der Waals surface area contributed by atoms with Crippen molar-refractivity contribution in [3.8, 4) is 0 Å². The standard InChI is InChI=1S/C24H28NOP/c1-24(2,3)23(19-20-13-7-4-8-14-20)25-27(26,21-15-9-5-10-16-21)22-17-11-6-12-18-22/h4-18,23H,19H2,1-3H3,(H,25,26). The third kappa shape index (κ3) is 4.77. The summed E-state index contributed by atoms with van der Waals surface area (Å²) in [5, 5.41) is 5.30. The Morgan fingerprint density at radius 1 is 0.741 bits per heavy atom. The van der Waals surface area contributed by atoms with Crippen LogP contribution in [0.1, 0.15) is 26.3 Å². The molecule has 1 N–H and O–H groups in total.